The van der Waals surface area contributed by atoms with Gasteiger partial charge >= 0.3 is 0 Å². The van der Waals surface area contributed by atoms with E-state index in [9.17, 15) is 13.2 Å². The van der Waals surface area contributed by atoms with Gasteiger partial charge in [-0.15, -0.1) is 0 Å². The average Bonchev–Trinajstić information content (AvgIpc) is 2.97. The molecule has 0 aliphatic carbocycles. The molecule has 1 saturated heterocycles. The van der Waals surface area contributed by atoms with Gasteiger partial charge in [-0.05, 0) is 61.0 Å². The van der Waals surface area contributed by atoms with E-state index in [1.54, 1.807) is 66.7 Å². The Morgan fingerprint density at radius 2 is 1.52 bits per heavy atom. The van der Waals surface area contributed by atoms with E-state index in [1.807, 2.05) is 42.2 Å². The van der Waals surface area contributed by atoms with Gasteiger partial charge in [-0.3, -0.25) is 4.79 Å². The summed E-state index contributed by atoms with van der Waals surface area (Å²) in [5, 5.41) is 3.46. The van der Waals surface area contributed by atoms with E-state index < -0.39 is 10.0 Å². The lowest BCUT2D eigenvalue weighted by Gasteiger charge is -2.36. The van der Waals surface area contributed by atoms with Crippen molar-refractivity contribution in [2.75, 3.05) is 36.4 Å². The van der Waals surface area contributed by atoms with Gasteiger partial charge in [0.25, 0.3) is 5.91 Å². The number of rotatable bonds is 8. The fraction of sp³-hybridized carbons (Fsp3) is 0.194. The predicted octanol–water partition coefficient (Wildman–Crippen LogP) is 5.99. The molecule has 0 saturated carbocycles. The van der Waals surface area contributed by atoms with Gasteiger partial charge in [-0.2, -0.15) is 4.31 Å². The van der Waals surface area contributed by atoms with Gasteiger partial charge in [-0.1, -0.05) is 65.7 Å². The molecule has 5 rings (SSSR count). The molecule has 0 bridgehead atoms. The Morgan fingerprint density at radius 1 is 0.850 bits per heavy atom. The minimum absolute atomic E-state index is 0.279. The maximum absolute atomic E-state index is 13.1. The molecular weight excluding hydrogens is 546 g/mol. The summed E-state index contributed by atoms with van der Waals surface area (Å²) >= 11 is 6.59. The van der Waals surface area contributed by atoms with Crippen molar-refractivity contribution >= 4 is 38.9 Å². The number of hydrogen-bond acceptors (Lipinski definition) is 5. The normalized spacial score (nSPS) is 14.1. The van der Waals surface area contributed by atoms with Gasteiger partial charge < -0.3 is 15.0 Å². The second-order valence-electron chi connectivity index (χ2n) is 9.59. The van der Waals surface area contributed by atoms with Crippen LogP contribution in [-0.2, 0) is 16.6 Å². The van der Waals surface area contributed by atoms with Gasteiger partial charge in [0.05, 0.1) is 21.3 Å². The van der Waals surface area contributed by atoms with E-state index in [2.05, 4.69) is 5.32 Å². The number of hydrogen-bond donors (Lipinski definition) is 1. The Labute approximate surface area is 240 Å². The van der Waals surface area contributed by atoms with Crippen LogP contribution in [0.4, 0.5) is 11.4 Å². The van der Waals surface area contributed by atoms with Crippen molar-refractivity contribution < 1.29 is 17.9 Å². The molecule has 0 atom stereocenters. The van der Waals surface area contributed by atoms with Crippen LogP contribution in [0.25, 0.3) is 0 Å². The Balaban J connectivity index is 1.24. The summed E-state index contributed by atoms with van der Waals surface area (Å²) in [4.78, 5) is 15.4. The van der Waals surface area contributed by atoms with Crippen LogP contribution in [0.5, 0.6) is 5.75 Å². The van der Waals surface area contributed by atoms with Crippen LogP contribution in [-0.4, -0.2) is 44.8 Å². The molecule has 0 aromatic heterocycles. The second-order valence-corrected chi connectivity index (χ2v) is 11.9. The molecule has 1 N–H and O–H groups in total. The topological polar surface area (TPSA) is 79.0 Å². The maximum Gasteiger partial charge on any atom is 0.255 e. The molecule has 206 valence electrons. The summed E-state index contributed by atoms with van der Waals surface area (Å²) in [5.41, 5.74) is 3.78. The zero-order valence-electron chi connectivity index (χ0n) is 22.1. The van der Waals surface area contributed by atoms with Gasteiger partial charge in [0.1, 0.15) is 12.4 Å². The van der Waals surface area contributed by atoms with E-state index in [4.69, 9.17) is 16.3 Å². The van der Waals surface area contributed by atoms with Crippen LogP contribution >= 0.6 is 11.6 Å². The number of nitrogens with zero attached hydrogens (tertiary/aromatic N) is 2. The van der Waals surface area contributed by atoms with Crippen molar-refractivity contribution in [2.24, 2.45) is 0 Å². The predicted molar refractivity (Wildman–Crippen MR) is 159 cm³/mol. The minimum Gasteiger partial charge on any atom is -0.489 e. The fourth-order valence-electron chi connectivity index (χ4n) is 4.59. The van der Waals surface area contributed by atoms with E-state index >= 15 is 0 Å². The number of carbonyl (C=O) groups is 1. The first kappa shape index (κ1) is 27.7. The number of benzene rings is 4. The van der Waals surface area contributed by atoms with E-state index in [0.717, 1.165) is 11.1 Å². The molecule has 1 fully saturated rings. The Bertz CT molecular complexity index is 1570. The van der Waals surface area contributed by atoms with E-state index in [0.29, 0.717) is 60.5 Å². The van der Waals surface area contributed by atoms with Crippen LogP contribution < -0.4 is 15.0 Å². The number of anilines is 2. The summed E-state index contributed by atoms with van der Waals surface area (Å²) in [6.07, 6.45) is 0. The number of ether oxygens (including phenoxy) is 1. The average molecular weight is 576 g/mol. The van der Waals surface area contributed by atoms with Gasteiger partial charge in [0, 0.05) is 31.7 Å². The first-order chi connectivity index (χ1) is 19.3. The SMILES string of the molecule is Cc1ccc(S(=O)(=O)N2CCN(c3c(Cl)cccc3NC(=O)c3ccc(OCc4ccccc4)cc3)CC2)cc1. The first-order valence-corrected chi connectivity index (χ1v) is 14.8. The van der Waals surface area contributed by atoms with Crippen molar-refractivity contribution in [1.29, 1.82) is 0 Å². The lowest BCUT2D eigenvalue weighted by atomic mass is 10.1. The second kappa shape index (κ2) is 12.1. The largest absolute Gasteiger partial charge is 0.489 e. The molecule has 7 nitrogen and oxygen atoms in total. The Morgan fingerprint density at radius 3 is 2.20 bits per heavy atom. The van der Waals surface area contributed by atoms with Gasteiger partial charge in [0.15, 0.2) is 0 Å². The quantitative estimate of drug-likeness (QED) is 0.279. The summed E-state index contributed by atoms with van der Waals surface area (Å²) in [5.74, 6) is 0.390. The lowest BCUT2D eigenvalue weighted by Crippen LogP contribution is -2.49. The summed E-state index contributed by atoms with van der Waals surface area (Å²) < 4.78 is 33.6. The molecule has 1 amide bonds. The highest BCUT2D eigenvalue weighted by atomic mass is 35.5. The highest BCUT2D eigenvalue weighted by Gasteiger charge is 2.30. The van der Waals surface area contributed by atoms with Crippen molar-refractivity contribution in [1.82, 2.24) is 4.31 Å². The highest BCUT2D eigenvalue weighted by Crippen LogP contribution is 2.35. The third-order valence-electron chi connectivity index (χ3n) is 6.81. The number of halogens is 1. The molecule has 0 spiro atoms. The van der Waals surface area contributed by atoms with Crippen LogP contribution in [0.1, 0.15) is 21.5 Å². The van der Waals surface area contributed by atoms with Crippen LogP contribution in [0.3, 0.4) is 0 Å². The number of aryl methyl sites for hydroxylation is 1. The Hall–Kier alpha value is -3.85. The number of amides is 1. The number of carbonyl (C=O) groups excluding carboxylic acids is 1. The van der Waals surface area contributed by atoms with Crippen molar-refractivity contribution in [2.45, 2.75) is 18.4 Å². The zero-order chi connectivity index (χ0) is 28.1. The fourth-order valence-corrected chi connectivity index (χ4v) is 6.30. The summed E-state index contributed by atoms with van der Waals surface area (Å²) in [6.45, 7) is 3.85. The molecule has 4 aromatic rings. The molecule has 1 heterocycles. The lowest BCUT2D eigenvalue weighted by molar-refractivity contribution is 0.102. The number of piperazine rings is 1. The van der Waals surface area contributed by atoms with Crippen molar-refractivity contribution in [3.63, 3.8) is 0 Å². The maximum atomic E-state index is 13.1. The van der Waals surface area contributed by atoms with Crippen LogP contribution in [0.2, 0.25) is 5.02 Å². The molecule has 9 heteroatoms. The van der Waals surface area contributed by atoms with Gasteiger partial charge in [-0.25, -0.2) is 8.42 Å². The number of sulfonamides is 1. The zero-order valence-corrected chi connectivity index (χ0v) is 23.7. The van der Waals surface area contributed by atoms with E-state index in [-0.39, 0.29) is 10.8 Å². The van der Waals surface area contributed by atoms with Crippen molar-refractivity contribution in [3.8, 4) is 5.75 Å². The third-order valence-corrected chi connectivity index (χ3v) is 9.03. The summed E-state index contributed by atoms with van der Waals surface area (Å²) in [7, 11) is -3.59. The van der Waals surface area contributed by atoms with Gasteiger partial charge in [0.2, 0.25) is 10.0 Å². The molecule has 0 unspecified atom stereocenters. The highest BCUT2D eigenvalue weighted by molar-refractivity contribution is 7.89. The molecule has 0 radical (unpaired) electrons. The number of nitrogens with one attached hydrogen (secondary N) is 1. The number of para-hydroxylation sites is 1. The minimum atomic E-state index is -3.59. The molecule has 1 aliphatic heterocycles. The molecule has 40 heavy (non-hydrogen) atoms. The molecule has 1 aliphatic rings. The monoisotopic (exact) mass is 575 g/mol. The van der Waals surface area contributed by atoms with Crippen molar-refractivity contribution in [3.05, 3.63) is 119 Å². The molecule has 4 aromatic carbocycles. The summed E-state index contributed by atoms with van der Waals surface area (Å²) in [6, 6.07) is 29.1. The van der Waals surface area contributed by atoms with Crippen LogP contribution in [0.15, 0.2) is 102 Å². The third kappa shape index (κ3) is 6.31. The van der Waals surface area contributed by atoms with E-state index in [1.165, 1.54) is 4.31 Å². The smallest absolute Gasteiger partial charge is 0.255 e. The molecular formula is C31H30ClN3O4S. The first-order valence-electron chi connectivity index (χ1n) is 13.0. The van der Waals surface area contributed by atoms with Crippen LogP contribution in [0, 0.1) is 6.92 Å². The Kier molecular flexibility index (Phi) is 8.40. The standard InChI is InChI=1S/C31H30ClN3O4S/c1-23-10-16-27(17-11-23)40(37,38)35-20-18-34(19-21-35)30-28(32)8-5-9-29(30)33-31(36)25-12-14-26(15-13-25)39-22-24-6-3-2-4-7-24/h2-17H,18-22H2,1H3,(H,33,36).